The van der Waals surface area contributed by atoms with Crippen molar-refractivity contribution in [3.63, 3.8) is 0 Å². The maximum absolute atomic E-state index is 10.5. The molecule has 2 aliphatic rings. The standard InChI is InChI=1S/C20H35ClO3/c1-2-24-13-7-6-10-16-17(20(23)14-18(16)21)11-12-19(22)15-8-4-3-5-9-15/h6-7,15-20,22-23H,2-5,8-14H2,1H3/b7-6+. The molecule has 0 spiro atoms. The monoisotopic (exact) mass is 358 g/mol. The van der Waals surface area contributed by atoms with Crippen LogP contribution in [0, 0.1) is 17.8 Å². The molecule has 5 unspecified atom stereocenters. The molecular weight excluding hydrogens is 324 g/mol. The van der Waals surface area contributed by atoms with Crippen molar-refractivity contribution in [3.05, 3.63) is 12.2 Å². The van der Waals surface area contributed by atoms with Crippen molar-refractivity contribution in [2.75, 3.05) is 13.2 Å². The van der Waals surface area contributed by atoms with Crippen LogP contribution < -0.4 is 0 Å². The number of hydrogen-bond donors (Lipinski definition) is 2. The molecule has 2 rings (SSSR count). The number of hydrogen-bond acceptors (Lipinski definition) is 3. The zero-order chi connectivity index (χ0) is 17.4. The van der Waals surface area contributed by atoms with Gasteiger partial charge >= 0.3 is 0 Å². The van der Waals surface area contributed by atoms with Gasteiger partial charge in [-0.05, 0) is 63.2 Å². The predicted octanol–water partition coefficient (Wildman–Crippen LogP) is 4.30. The van der Waals surface area contributed by atoms with Gasteiger partial charge in [-0.15, -0.1) is 11.6 Å². The van der Waals surface area contributed by atoms with Gasteiger partial charge in [-0.1, -0.05) is 31.4 Å². The number of aliphatic hydroxyl groups is 2. The quantitative estimate of drug-likeness (QED) is 0.367. The van der Waals surface area contributed by atoms with Gasteiger partial charge in [0, 0.05) is 12.0 Å². The van der Waals surface area contributed by atoms with Crippen LogP contribution in [-0.2, 0) is 4.74 Å². The van der Waals surface area contributed by atoms with Gasteiger partial charge < -0.3 is 14.9 Å². The molecule has 5 atom stereocenters. The zero-order valence-corrected chi connectivity index (χ0v) is 15.8. The van der Waals surface area contributed by atoms with E-state index in [9.17, 15) is 10.2 Å². The second-order valence-electron chi connectivity index (χ2n) is 7.56. The van der Waals surface area contributed by atoms with Crippen LogP contribution in [0.25, 0.3) is 0 Å². The summed E-state index contributed by atoms with van der Waals surface area (Å²) in [6, 6.07) is 0. The summed E-state index contributed by atoms with van der Waals surface area (Å²) in [6.07, 6.45) is 13.1. The molecule has 24 heavy (non-hydrogen) atoms. The molecule has 0 aromatic rings. The lowest BCUT2D eigenvalue weighted by Crippen LogP contribution is -2.26. The molecule has 3 nitrogen and oxygen atoms in total. The minimum Gasteiger partial charge on any atom is -0.393 e. The highest BCUT2D eigenvalue weighted by molar-refractivity contribution is 6.21. The Morgan fingerprint density at radius 3 is 2.62 bits per heavy atom. The molecule has 0 radical (unpaired) electrons. The van der Waals surface area contributed by atoms with Crippen molar-refractivity contribution in [2.45, 2.75) is 82.3 Å². The summed E-state index contributed by atoms with van der Waals surface area (Å²) in [4.78, 5) is 0. The van der Waals surface area contributed by atoms with Crippen molar-refractivity contribution >= 4 is 11.6 Å². The summed E-state index contributed by atoms with van der Waals surface area (Å²) in [5.41, 5.74) is 0. The molecule has 0 aromatic heterocycles. The van der Waals surface area contributed by atoms with Crippen molar-refractivity contribution < 1.29 is 14.9 Å². The van der Waals surface area contributed by atoms with Crippen LogP contribution in [0.1, 0.15) is 64.7 Å². The highest BCUT2D eigenvalue weighted by Crippen LogP contribution is 2.42. The maximum Gasteiger partial charge on any atom is 0.0647 e. The number of alkyl halides is 1. The summed E-state index contributed by atoms with van der Waals surface area (Å²) >= 11 is 6.48. The Labute approximate surface area is 152 Å². The molecule has 2 N–H and O–H groups in total. The molecule has 0 amide bonds. The minimum atomic E-state index is -0.323. The second kappa shape index (κ2) is 10.8. The van der Waals surface area contributed by atoms with E-state index >= 15 is 0 Å². The molecule has 140 valence electrons. The lowest BCUT2D eigenvalue weighted by Gasteiger charge is -2.29. The van der Waals surface area contributed by atoms with Gasteiger partial charge in [0.15, 0.2) is 0 Å². The van der Waals surface area contributed by atoms with Gasteiger partial charge in [0.1, 0.15) is 0 Å². The first-order valence-electron chi connectivity index (χ1n) is 9.86. The third kappa shape index (κ3) is 6.01. The van der Waals surface area contributed by atoms with Gasteiger partial charge in [-0.25, -0.2) is 0 Å². The minimum absolute atomic E-state index is 0.0357. The van der Waals surface area contributed by atoms with Crippen LogP contribution in [0.4, 0.5) is 0 Å². The molecular formula is C20H35ClO3. The first kappa shape index (κ1) is 20.2. The number of ether oxygens (including phenoxy) is 1. The van der Waals surface area contributed by atoms with Crippen molar-refractivity contribution in [1.82, 2.24) is 0 Å². The molecule has 2 fully saturated rings. The second-order valence-corrected chi connectivity index (χ2v) is 8.12. The average molecular weight is 359 g/mol. The summed E-state index contributed by atoms with van der Waals surface area (Å²) < 4.78 is 5.32. The Morgan fingerprint density at radius 1 is 1.17 bits per heavy atom. The van der Waals surface area contributed by atoms with E-state index in [-0.39, 0.29) is 23.5 Å². The molecule has 0 aliphatic heterocycles. The van der Waals surface area contributed by atoms with Crippen molar-refractivity contribution in [3.8, 4) is 0 Å². The normalized spacial score (nSPS) is 33.3. The van der Waals surface area contributed by atoms with Gasteiger partial charge in [-0.2, -0.15) is 0 Å². The molecule has 0 aromatic carbocycles. The fraction of sp³-hybridized carbons (Fsp3) is 0.900. The topological polar surface area (TPSA) is 49.7 Å². The lowest BCUT2D eigenvalue weighted by atomic mass is 9.81. The molecule has 0 bridgehead atoms. The number of aliphatic hydroxyl groups excluding tert-OH is 2. The van der Waals surface area contributed by atoms with Crippen molar-refractivity contribution in [1.29, 1.82) is 0 Å². The molecule has 4 heteroatoms. The average Bonchev–Trinajstić information content (AvgIpc) is 2.86. The van der Waals surface area contributed by atoms with Gasteiger partial charge in [0.25, 0.3) is 0 Å². The number of halogens is 1. The number of rotatable bonds is 9. The van der Waals surface area contributed by atoms with Gasteiger partial charge in [0.05, 0.1) is 18.8 Å². The molecule has 2 saturated carbocycles. The van der Waals surface area contributed by atoms with E-state index in [0.717, 1.165) is 38.7 Å². The van der Waals surface area contributed by atoms with Crippen LogP contribution in [0.3, 0.4) is 0 Å². The van der Waals surface area contributed by atoms with E-state index in [1.54, 1.807) is 0 Å². The SMILES string of the molecule is CCOC/C=C/CC1C(Cl)CC(O)C1CCC(O)C1CCCCC1. The fourth-order valence-corrected chi connectivity index (χ4v) is 4.96. The Morgan fingerprint density at radius 2 is 1.92 bits per heavy atom. The van der Waals surface area contributed by atoms with Gasteiger partial charge in [-0.3, -0.25) is 0 Å². The van der Waals surface area contributed by atoms with Crippen LogP contribution in [-0.4, -0.2) is 41.0 Å². The van der Waals surface area contributed by atoms with Crippen molar-refractivity contribution in [2.24, 2.45) is 17.8 Å². The van der Waals surface area contributed by atoms with Gasteiger partial charge in [0.2, 0.25) is 0 Å². The molecule has 0 saturated heterocycles. The molecule has 0 heterocycles. The third-order valence-electron chi connectivity index (χ3n) is 5.96. The first-order chi connectivity index (χ1) is 11.6. The Bertz CT molecular complexity index is 368. The summed E-state index contributed by atoms with van der Waals surface area (Å²) in [5, 5.41) is 20.9. The van der Waals surface area contributed by atoms with Crippen LogP contribution >= 0.6 is 11.6 Å². The van der Waals surface area contributed by atoms with Crippen LogP contribution in [0.5, 0.6) is 0 Å². The predicted molar refractivity (Wildman–Crippen MR) is 99.3 cm³/mol. The summed E-state index contributed by atoms with van der Waals surface area (Å²) in [6.45, 7) is 3.36. The maximum atomic E-state index is 10.5. The molecule has 2 aliphatic carbocycles. The Balaban J connectivity index is 1.80. The lowest BCUT2D eigenvalue weighted by molar-refractivity contribution is 0.0536. The third-order valence-corrected chi connectivity index (χ3v) is 6.46. The zero-order valence-electron chi connectivity index (χ0n) is 15.1. The summed E-state index contributed by atoms with van der Waals surface area (Å²) in [7, 11) is 0. The smallest absolute Gasteiger partial charge is 0.0647 e. The van der Waals surface area contributed by atoms with E-state index in [1.165, 1.54) is 19.3 Å². The van der Waals surface area contributed by atoms with E-state index < -0.39 is 0 Å². The van der Waals surface area contributed by atoms with Crippen LogP contribution in [0.15, 0.2) is 12.2 Å². The van der Waals surface area contributed by atoms with E-state index in [4.69, 9.17) is 16.3 Å². The first-order valence-corrected chi connectivity index (χ1v) is 10.3. The largest absolute Gasteiger partial charge is 0.393 e. The highest BCUT2D eigenvalue weighted by atomic mass is 35.5. The van der Waals surface area contributed by atoms with E-state index in [1.807, 2.05) is 13.0 Å². The number of allylic oxidation sites excluding steroid dienone is 1. The van der Waals surface area contributed by atoms with Crippen LogP contribution in [0.2, 0.25) is 0 Å². The highest BCUT2D eigenvalue weighted by Gasteiger charge is 2.40. The fourth-order valence-electron chi connectivity index (χ4n) is 4.49. The Hall–Kier alpha value is -0.0900. The summed E-state index contributed by atoms with van der Waals surface area (Å²) in [5.74, 6) is 0.981. The Kier molecular flexibility index (Phi) is 9.10. The van der Waals surface area contributed by atoms with E-state index in [0.29, 0.717) is 24.9 Å². The van der Waals surface area contributed by atoms with E-state index in [2.05, 4.69) is 6.08 Å².